The molecule has 7 N–H and O–H groups in total. The van der Waals surface area contributed by atoms with Crippen molar-refractivity contribution < 1.29 is 34.6 Å². The van der Waals surface area contributed by atoms with Crippen LogP contribution < -0.4 is 25.3 Å². The number of nitrogens with one attached hydrogen (secondary N) is 1. The molecular formula is C56H73N3O7. The molecule has 10 nitrogen and oxygen atoms in total. The Morgan fingerprint density at radius 2 is 1.68 bits per heavy atom. The van der Waals surface area contributed by atoms with Gasteiger partial charge in [0.15, 0.2) is 17.5 Å². The van der Waals surface area contributed by atoms with Crippen LogP contribution in [0.5, 0.6) is 28.7 Å². The molecule has 5 heterocycles. The minimum absolute atomic E-state index is 0.0392. The highest BCUT2D eigenvalue weighted by molar-refractivity contribution is 5.84. The third kappa shape index (κ3) is 8.26. The summed E-state index contributed by atoms with van der Waals surface area (Å²) < 4.78 is 20.4. The fourth-order valence-corrected chi connectivity index (χ4v) is 14.3. The Kier molecular flexibility index (Phi) is 12.6. The number of nitrogens with zero attached hydrogens (tertiary/aromatic N) is 1. The SMILES string of the molecule is CCC1CC2C=CC1CC(O)CCCNC(N)=NCC1C=CC3CCCC34CCCC(Oc3cc(ccc3O)C3Oc5cc(OC)c6c(c5CC3O)C2Cc2cc(O)c(CC(C)C)cc2-6)C14. The van der Waals surface area contributed by atoms with Crippen LogP contribution in [-0.4, -0.2) is 64.9 Å². The summed E-state index contributed by atoms with van der Waals surface area (Å²) in [5, 5.41) is 50.0. The van der Waals surface area contributed by atoms with Crippen molar-refractivity contribution in [1.29, 1.82) is 0 Å². The highest BCUT2D eigenvalue weighted by Gasteiger charge is 2.56. The summed E-state index contributed by atoms with van der Waals surface area (Å²) in [6.45, 7) is 7.81. The molecule has 66 heavy (non-hydrogen) atoms. The number of hydrogen-bond acceptors (Lipinski definition) is 10. The molecule has 5 aliphatic heterocycles. The van der Waals surface area contributed by atoms with Gasteiger partial charge in [-0.05, 0) is 164 Å². The van der Waals surface area contributed by atoms with Gasteiger partial charge in [0.25, 0.3) is 0 Å². The van der Waals surface area contributed by atoms with Crippen LogP contribution in [0.3, 0.4) is 0 Å². The van der Waals surface area contributed by atoms with Crippen LogP contribution >= 0.6 is 0 Å². The summed E-state index contributed by atoms with van der Waals surface area (Å²) in [5.41, 5.74) is 13.7. The zero-order valence-corrected chi connectivity index (χ0v) is 39.6. The molecule has 10 aliphatic rings. The summed E-state index contributed by atoms with van der Waals surface area (Å²) in [5.74, 6) is 4.76. The first kappa shape index (κ1) is 45.1. The normalized spacial score (nSPS) is 33.7. The van der Waals surface area contributed by atoms with E-state index in [1.807, 2.05) is 24.3 Å². The summed E-state index contributed by atoms with van der Waals surface area (Å²) in [4.78, 5) is 4.91. The van der Waals surface area contributed by atoms with Crippen molar-refractivity contribution in [3.63, 3.8) is 0 Å². The first-order chi connectivity index (χ1) is 31.9. The predicted molar refractivity (Wildman–Crippen MR) is 259 cm³/mol. The van der Waals surface area contributed by atoms with Crippen molar-refractivity contribution in [2.45, 2.75) is 141 Å². The molecule has 13 rings (SSSR count). The van der Waals surface area contributed by atoms with Gasteiger partial charge in [0.2, 0.25) is 0 Å². The van der Waals surface area contributed by atoms with E-state index in [1.165, 1.54) is 12.8 Å². The third-order valence-electron chi connectivity index (χ3n) is 17.2. The molecule has 2 fully saturated rings. The molecule has 8 bridgehead atoms. The lowest BCUT2D eigenvalue weighted by Crippen LogP contribution is -2.52. The number of rotatable bonds is 4. The van der Waals surface area contributed by atoms with Gasteiger partial charge >= 0.3 is 0 Å². The van der Waals surface area contributed by atoms with Crippen LogP contribution in [0.15, 0.2) is 65.7 Å². The molecule has 0 saturated heterocycles. The van der Waals surface area contributed by atoms with Gasteiger partial charge in [0.1, 0.15) is 29.5 Å². The number of phenolic OH excluding ortho intramolecular Hbond substituents is 2. The lowest BCUT2D eigenvalue weighted by molar-refractivity contribution is -0.0548. The van der Waals surface area contributed by atoms with Gasteiger partial charge in [-0.25, -0.2) is 0 Å². The zero-order chi connectivity index (χ0) is 45.9. The van der Waals surface area contributed by atoms with Gasteiger partial charge in [-0.3, -0.25) is 4.99 Å². The van der Waals surface area contributed by atoms with E-state index >= 15 is 0 Å². The molecule has 12 unspecified atom stereocenters. The number of allylic oxidation sites excluding steroid dienone is 3. The van der Waals surface area contributed by atoms with Gasteiger partial charge in [0, 0.05) is 48.5 Å². The van der Waals surface area contributed by atoms with Gasteiger partial charge in [-0.15, -0.1) is 0 Å². The van der Waals surface area contributed by atoms with Crippen molar-refractivity contribution in [2.75, 3.05) is 20.2 Å². The summed E-state index contributed by atoms with van der Waals surface area (Å²) in [7, 11) is 1.72. The van der Waals surface area contributed by atoms with E-state index in [4.69, 9.17) is 24.9 Å². The maximum Gasteiger partial charge on any atom is 0.188 e. The van der Waals surface area contributed by atoms with Crippen molar-refractivity contribution >= 4 is 5.96 Å². The van der Waals surface area contributed by atoms with E-state index in [0.717, 1.165) is 102 Å². The van der Waals surface area contributed by atoms with Crippen LogP contribution in [0.1, 0.15) is 131 Å². The highest BCUT2D eigenvalue weighted by Crippen LogP contribution is 2.62. The van der Waals surface area contributed by atoms with Crippen LogP contribution in [0.2, 0.25) is 0 Å². The smallest absolute Gasteiger partial charge is 0.188 e. The molecule has 12 atom stereocenters. The average Bonchev–Trinajstić information content (AvgIpc) is 3.72. The second-order valence-corrected chi connectivity index (χ2v) is 21.6. The number of phenols is 2. The summed E-state index contributed by atoms with van der Waals surface area (Å²) in [6, 6.07) is 11.6. The first-order valence-corrected chi connectivity index (χ1v) is 25.5. The van der Waals surface area contributed by atoms with E-state index in [9.17, 15) is 20.4 Å². The second-order valence-electron chi connectivity index (χ2n) is 21.6. The fraction of sp³-hybridized carbons (Fsp3) is 0.589. The number of hydrogen-bond donors (Lipinski definition) is 6. The number of guanidine groups is 1. The van der Waals surface area contributed by atoms with Crippen LogP contribution in [0, 0.1) is 46.8 Å². The molecular weight excluding hydrogens is 827 g/mol. The number of methoxy groups -OCH3 is 1. The van der Waals surface area contributed by atoms with Crippen LogP contribution in [0.25, 0.3) is 11.1 Å². The summed E-state index contributed by atoms with van der Waals surface area (Å²) in [6.07, 6.45) is 20.1. The van der Waals surface area contributed by atoms with Crippen molar-refractivity contribution in [3.05, 3.63) is 88.5 Å². The molecule has 2 saturated carbocycles. The molecule has 0 aromatic heterocycles. The van der Waals surface area contributed by atoms with E-state index in [1.54, 1.807) is 13.2 Å². The summed E-state index contributed by atoms with van der Waals surface area (Å²) >= 11 is 0. The highest BCUT2D eigenvalue weighted by atomic mass is 16.5. The fourth-order valence-electron chi connectivity index (χ4n) is 14.3. The minimum Gasteiger partial charge on any atom is -0.508 e. The van der Waals surface area contributed by atoms with E-state index in [-0.39, 0.29) is 46.9 Å². The second kappa shape index (κ2) is 18.4. The Labute approximate surface area is 391 Å². The van der Waals surface area contributed by atoms with Crippen LogP contribution in [-0.2, 0) is 19.3 Å². The topological polar surface area (TPSA) is 159 Å². The zero-order valence-electron chi connectivity index (χ0n) is 39.6. The molecule has 354 valence electrons. The van der Waals surface area contributed by atoms with E-state index < -0.39 is 18.3 Å². The van der Waals surface area contributed by atoms with Crippen molar-refractivity contribution in [2.24, 2.45) is 57.6 Å². The molecule has 0 radical (unpaired) electrons. The quantitative estimate of drug-likeness (QED) is 0.140. The van der Waals surface area contributed by atoms with Gasteiger partial charge in [0.05, 0.1) is 19.3 Å². The van der Waals surface area contributed by atoms with Gasteiger partial charge in [-0.2, -0.15) is 0 Å². The number of aliphatic hydroxyl groups is 2. The van der Waals surface area contributed by atoms with Crippen LogP contribution in [0.4, 0.5) is 0 Å². The van der Waals surface area contributed by atoms with E-state index in [0.29, 0.717) is 73.3 Å². The predicted octanol–water partition coefficient (Wildman–Crippen LogP) is 9.84. The number of aliphatic imine (C=N–C) groups is 1. The van der Waals surface area contributed by atoms with E-state index in [2.05, 4.69) is 56.5 Å². The number of aromatic hydroxyl groups is 2. The van der Waals surface area contributed by atoms with Crippen molar-refractivity contribution in [1.82, 2.24) is 5.32 Å². The largest absolute Gasteiger partial charge is 0.508 e. The van der Waals surface area contributed by atoms with Crippen molar-refractivity contribution in [3.8, 4) is 39.9 Å². The molecule has 5 aliphatic carbocycles. The Morgan fingerprint density at radius 1 is 0.879 bits per heavy atom. The average molecular weight is 900 g/mol. The van der Waals surface area contributed by atoms with Gasteiger partial charge in [-0.1, -0.05) is 64.0 Å². The number of ether oxygens (including phenoxy) is 3. The maximum absolute atomic E-state index is 12.3. The minimum atomic E-state index is -0.873. The molecule has 3 aromatic carbocycles. The lowest BCUT2D eigenvalue weighted by atomic mass is 9.53. The Bertz CT molecular complexity index is 2370. The molecule has 0 amide bonds. The molecule has 1 spiro atoms. The van der Waals surface area contributed by atoms with Gasteiger partial charge < -0.3 is 45.7 Å². The maximum atomic E-state index is 12.3. The Morgan fingerprint density at radius 3 is 2.48 bits per heavy atom. The third-order valence-corrected chi connectivity index (χ3v) is 17.2. The molecule has 10 heteroatoms. The Balaban J connectivity index is 1.07. The first-order valence-electron chi connectivity index (χ1n) is 25.5. The number of benzene rings is 3. The Hall–Kier alpha value is -4.67. The number of aliphatic hydroxyl groups excluding tert-OH is 2. The molecule has 3 aromatic rings. The lowest BCUT2D eigenvalue weighted by Gasteiger charge is -2.53. The number of fused-ring (bicyclic) bond motifs is 2. The monoisotopic (exact) mass is 900 g/mol. The standard InChI is InChI=1S/C56H73N3O7/c1-5-32-22-34-13-12-33(32)23-40(60)10-8-20-58-55(57)59-30-36-14-16-39-9-6-18-56(39)19-7-11-47(53(36)56)65-49-27-35(15-17-44(49)61)54-46(63)28-43-48(66-54)29-50(64-4)52-42-25-38(21-31(2)3)45(62)26-37(42)24-41(34)51(43)52/h12-17,25-27,29,31-34,36,39-41,46-47,53-54,60-63H,5-11,18-24,28,30H2,1-4H3,(H3,57,58,59). The number of nitrogens with two attached hydrogens (primary N) is 1.